The van der Waals surface area contributed by atoms with Crippen LogP contribution in [-0.2, 0) is 25.7 Å². The fourth-order valence-corrected chi connectivity index (χ4v) is 4.73. The van der Waals surface area contributed by atoms with E-state index >= 15 is 4.39 Å². The van der Waals surface area contributed by atoms with Crippen molar-refractivity contribution in [2.75, 3.05) is 0 Å². The van der Waals surface area contributed by atoms with E-state index in [9.17, 15) is 0 Å². The third kappa shape index (κ3) is 3.85. The number of unbranched alkanes of at least 4 members (excludes halogenated alkanes) is 1. The van der Waals surface area contributed by atoms with Crippen LogP contribution in [0.2, 0.25) is 0 Å². The average molecular weight is 375 g/mol. The smallest absolute Gasteiger partial charge is 0.134 e. The zero-order chi connectivity index (χ0) is 19.5. The number of hydrogen-bond donors (Lipinski definition) is 0. The summed E-state index contributed by atoms with van der Waals surface area (Å²) in [5.41, 5.74) is 6.55. The lowest BCUT2D eigenvalue weighted by Gasteiger charge is -2.26. The molecule has 0 nitrogen and oxygen atoms in total. The Kier molecular flexibility index (Phi) is 5.80. The Morgan fingerprint density at radius 3 is 2.50 bits per heavy atom. The molecule has 1 aliphatic carbocycles. The molecular weight excluding hydrogens is 343 g/mol. The van der Waals surface area contributed by atoms with Crippen LogP contribution < -0.4 is 0 Å². The number of rotatable bonds is 6. The molecule has 0 heterocycles. The van der Waals surface area contributed by atoms with Crippen molar-refractivity contribution in [3.05, 3.63) is 82.2 Å². The van der Waals surface area contributed by atoms with Gasteiger partial charge in [0, 0.05) is 5.39 Å². The number of halogens is 1. The van der Waals surface area contributed by atoms with Gasteiger partial charge < -0.3 is 0 Å². The molecule has 0 saturated heterocycles. The zero-order valence-electron chi connectivity index (χ0n) is 17.2. The molecule has 0 N–H and O–H groups in total. The molecule has 0 radical (unpaired) electrons. The second-order valence-corrected chi connectivity index (χ2v) is 8.42. The molecule has 0 aliphatic heterocycles. The number of fused-ring (bicyclic) bond motifs is 2. The maximum absolute atomic E-state index is 15.4. The van der Waals surface area contributed by atoms with Crippen molar-refractivity contribution in [2.45, 2.75) is 71.1 Å². The molecule has 0 saturated carbocycles. The monoisotopic (exact) mass is 374 g/mol. The van der Waals surface area contributed by atoms with Gasteiger partial charge >= 0.3 is 0 Å². The maximum atomic E-state index is 15.4. The van der Waals surface area contributed by atoms with Crippen LogP contribution in [0.3, 0.4) is 0 Å². The number of benzene rings is 3. The van der Waals surface area contributed by atoms with E-state index in [1.807, 2.05) is 12.1 Å². The van der Waals surface area contributed by atoms with E-state index in [0.717, 1.165) is 48.4 Å². The van der Waals surface area contributed by atoms with E-state index < -0.39 is 0 Å². The van der Waals surface area contributed by atoms with Gasteiger partial charge in [-0.15, -0.1) is 0 Å². The van der Waals surface area contributed by atoms with Crippen LogP contribution in [-0.4, -0.2) is 0 Å². The predicted octanol–water partition coefficient (Wildman–Crippen LogP) is 7.55. The molecule has 146 valence electrons. The summed E-state index contributed by atoms with van der Waals surface area (Å²) >= 11 is 0. The summed E-state index contributed by atoms with van der Waals surface area (Å²) < 4.78 is 15.4. The van der Waals surface area contributed by atoms with Gasteiger partial charge in [0.15, 0.2) is 0 Å². The molecule has 0 bridgehead atoms. The minimum absolute atomic E-state index is 0.00596. The van der Waals surface area contributed by atoms with Crippen LogP contribution in [0.1, 0.15) is 73.3 Å². The van der Waals surface area contributed by atoms with E-state index in [1.54, 1.807) is 0 Å². The first-order valence-electron chi connectivity index (χ1n) is 11.0. The van der Waals surface area contributed by atoms with Crippen molar-refractivity contribution in [3.63, 3.8) is 0 Å². The first-order valence-corrected chi connectivity index (χ1v) is 11.0. The molecule has 28 heavy (non-hydrogen) atoms. The Labute approximate surface area is 168 Å². The Balaban J connectivity index is 1.59. The van der Waals surface area contributed by atoms with Crippen LogP contribution in [0.25, 0.3) is 10.8 Å². The first-order chi connectivity index (χ1) is 13.7. The lowest BCUT2D eigenvalue weighted by Crippen LogP contribution is -2.14. The molecule has 0 spiro atoms. The van der Waals surface area contributed by atoms with Crippen LogP contribution in [0.4, 0.5) is 4.39 Å². The minimum atomic E-state index is -0.00596. The summed E-state index contributed by atoms with van der Waals surface area (Å²) in [6.07, 6.45) is 8.90. The van der Waals surface area contributed by atoms with Gasteiger partial charge in [0.1, 0.15) is 5.82 Å². The van der Waals surface area contributed by atoms with Gasteiger partial charge in [-0.05, 0) is 77.6 Å². The standard InChI is InChI=1S/C27H31F/c1-3-5-7-20-8-10-22-18-24(12-11-21(22)16-20)26-15-13-23-17-19(6-4-2)9-14-25(23)27(26)28/h8-10,13-17,24H,3-7,11-12,18H2,1-2H3. The largest absolute Gasteiger partial charge is 0.206 e. The van der Waals surface area contributed by atoms with Crippen LogP contribution in [0.5, 0.6) is 0 Å². The van der Waals surface area contributed by atoms with Crippen molar-refractivity contribution in [3.8, 4) is 0 Å². The minimum Gasteiger partial charge on any atom is -0.206 e. The summed E-state index contributed by atoms with van der Waals surface area (Å²) in [6.45, 7) is 4.42. The van der Waals surface area contributed by atoms with E-state index in [4.69, 9.17) is 0 Å². The average Bonchev–Trinajstić information content (AvgIpc) is 2.72. The SMILES string of the molecule is CCCCc1ccc2c(c1)CCC(c1ccc3cc(CCC)ccc3c1F)C2. The molecule has 0 amide bonds. The second kappa shape index (κ2) is 8.47. The van der Waals surface area contributed by atoms with Crippen LogP contribution in [0.15, 0.2) is 48.5 Å². The van der Waals surface area contributed by atoms with Gasteiger partial charge in [0.05, 0.1) is 0 Å². The Morgan fingerprint density at radius 1 is 0.857 bits per heavy atom. The van der Waals surface area contributed by atoms with Gasteiger partial charge in [0.25, 0.3) is 0 Å². The van der Waals surface area contributed by atoms with Gasteiger partial charge in [-0.25, -0.2) is 4.39 Å². The third-order valence-electron chi connectivity index (χ3n) is 6.34. The van der Waals surface area contributed by atoms with Gasteiger partial charge in [-0.1, -0.05) is 75.2 Å². The van der Waals surface area contributed by atoms with E-state index in [0.29, 0.717) is 0 Å². The van der Waals surface area contributed by atoms with Crippen molar-refractivity contribution in [1.29, 1.82) is 0 Å². The lowest BCUT2D eigenvalue weighted by molar-refractivity contribution is 0.539. The summed E-state index contributed by atoms with van der Waals surface area (Å²) in [6, 6.07) is 17.4. The van der Waals surface area contributed by atoms with Gasteiger partial charge in [0.2, 0.25) is 0 Å². The summed E-state index contributed by atoms with van der Waals surface area (Å²) in [7, 11) is 0. The summed E-state index contributed by atoms with van der Waals surface area (Å²) in [5.74, 6) is 0.280. The van der Waals surface area contributed by atoms with Gasteiger partial charge in [-0.3, -0.25) is 0 Å². The highest BCUT2D eigenvalue weighted by molar-refractivity contribution is 5.84. The molecule has 4 rings (SSSR count). The third-order valence-corrected chi connectivity index (χ3v) is 6.34. The van der Waals surface area contributed by atoms with Crippen molar-refractivity contribution in [1.82, 2.24) is 0 Å². The van der Waals surface area contributed by atoms with E-state index in [-0.39, 0.29) is 11.7 Å². The molecule has 3 aromatic carbocycles. The molecule has 1 heteroatoms. The second-order valence-electron chi connectivity index (χ2n) is 8.42. The topological polar surface area (TPSA) is 0 Å². The Morgan fingerprint density at radius 2 is 1.68 bits per heavy atom. The molecule has 0 aromatic heterocycles. The van der Waals surface area contributed by atoms with Crippen LogP contribution >= 0.6 is 0 Å². The van der Waals surface area contributed by atoms with E-state index in [1.165, 1.54) is 41.5 Å². The molecule has 0 fully saturated rings. The Bertz CT molecular complexity index is 969. The maximum Gasteiger partial charge on any atom is 0.134 e. The Hall–Kier alpha value is -2.15. The number of hydrogen-bond acceptors (Lipinski definition) is 0. The summed E-state index contributed by atoms with van der Waals surface area (Å²) in [4.78, 5) is 0. The predicted molar refractivity (Wildman–Crippen MR) is 118 cm³/mol. The highest BCUT2D eigenvalue weighted by atomic mass is 19.1. The molecule has 1 atom stereocenters. The zero-order valence-corrected chi connectivity index (χ0v) is 17.2. The van der Waals surface area contributed by atoms with Gasteiger partial charge in [-0.2, -0.15) is 0 Å². The quantitative estimate of drug-likeness (QED) is 0.418. The molecule has 3 aromatic rings. The summed E-state index contributed by atoms with van der Waals surface area (Å²) in [5, 5.41) is 1.81. The first kappa shape index (κ1) is 19.2. The van der Waals surface area contributed by atoms with Crippen molar-refractivity contribution >= 4 is 10.8 Å². The van der Waals surface area contributed by atoms with Crippen molar-refractivity contribution in [2.24, 2.45) is 0 Å². The molecule has 1 unspecified atom stereocenters. The number of aryl methyl sites for hydroxylation is 3. The van der Waals surface area contributed by atoms with E-state index in [2.05, 4.69) is 50.2 Å². The molecule has 1 aliphatic rings. The fourth-order valence-electron chi connectivity index (χ4n) is 4.73. The molecular formula is C27H31F. The normalized spacial score (nSPS) is 16.3. The lowest BCUT2D eigenvalue weighted by atomic mass is 9.79. The highest BCUT2D eigenvalue weighted by Crippen LogP contribution is 2.36. The van der Waals surface area contributed by atoms with Crippen LogP contribution in [0, 0.1) is 5.82 Å². The fraction of sp³-hybridized carbons (Fsp3) is 0.407. The van der Waals surface area contributed by atoms with Crippen molar-refractivity contribution < 1.29 is 4.39 Å². The highest BCUT2D eigenvalue weighted by Gasteiger charge is 2.23.